The second kappa shape index (κ2) is 9.05. The van der Waals surface area contributed by atoms with Crippen LogP contribution in [0.4, 0.5) is 17.1 Å². The summed E-state index contributed by atoms with van der Waals surface area (Å²) in [5.74, 6) is -1.15. The lowest BCUT2D eigenvalue weighted by Gasteiger charge is -2.11. The Balaban J connectivity index is 1.80. The number of amides is 2. The molecule has 3 aromatic carbocycles. The summed E-state index contributed by atoms with van der Waals surface area (Å²) < 4.78 is 0. The van der Waals surface area contributed by atoms with Gasteiger partial charge in [-0.25, -0.2) is 0 Å². The molecule has 0 atom stereocenters. The summed E-state index contributed by atoms with van der Waals surface area (Å²) in [5, 5.41) is 25.9. The number of para-hydroxylation sites is 1. The van der Waals surface area contributed by atoms with E-state index in [9.17, 15) is 14.7 Å². The maximum absolute atomic E-state index is 12.9. The second-order valence-corrected chi connectivity index (χ2v) is 6.83. The number of nitrogens with zero attached hydrogens (tertiary/aromatic N) is 3. The zero-order valence-electron chi connectivity index (χ0n) is 17.1. The lowest BCUT2D eigenvalue weighted by molar-refractivity contribution is 0.0962. The van der Waals surface area contributed by atoms with E-state index < -0.39 is 5.91 Å². The fourth-order valence-corrected chi connectivity index (χ4v) is 3.20. The fraction of sp³-hybridized carbons (Fsp3) is 0.0417. The van der Waals surface area contributed by atoms with E-state index in [4.69, 9.17) is 0 Å². The number of fused-ring (bicyclic) bond motifs is 1. The molecule has 0 saturated heterocycles. The number of azo groups is 1. The molecule has 8 nitrogen and oxygen atoms in total. The second-order valence-electron chi connectivity index (χ2n) is 6.83. The monoisotopic (exact) mass is 425 g/mol. The molecule has 2 amide bonds. The van der Waals surface area contributed by atoms with Gasteiger partial charge in [0, 0.05) is 30.5 Å². The Bertz CT molecular complexity index is 1340. The number of aromatic hydroxyl groups is 1. The van der Waals surface area contributed by atoms with Crippen LogP contribution in [0, 0.1) is 0 Å². The van der Waals surface area contributed by atoms with Gasteiger partial charge in [0.1, 0.15) is 11.4 Å². The molecule has 4 rings (SSSR count). The minimum Gasteiger partial charge on any atom is -0.505 e. The molecule has 0 unspecified atom stereocenters. The number of nitrogens with one attached hydrogen (secondary N) is 2. The summed E-state index contributed by atoms with van der Waals surface area (Å²) >= 11 is 0. The normalized spacial score (nSPS) is 10.9. The van der Waals surface area contributed by atoms with Crippen molar-refractivity contribution in [1.82, 2.24) is 10.3 Å². The number of phenols is 1. The number of hydrogen-bond donors (Lipinski definition) is 3. The highest BCUT2D eigenvalue weighted by Crippen LogP contribution is 2.39. The van der Waals surface area contributed by atoms with E-state index in [-0.39, 0.29) is 34.2 Å². The van der Waals surface area contributed by atoms with Crippen LogP contribution >= 0.6 is 0 Å². The lowest BCUT2D eigenvalue weighted by Crippen LogP contribution is -2.17. The van der Waals surface area contributed by atoms with Crippen molar-refractivity contribution in [2.24, 2.45) is 10.2 Å². The topological polar surface area (TPSA) is 116 Å². The SMILES string of the molecule is CNC(=O)c1cnccc1/N=N/c1c(O)c(C(=O)Nc2ccccc2)cc2ccccc12. The summed E-state index contributed by atoms with van der Waals surface area (Å²) in [6.45, 7) is 0. The number of pyridine rings is 1. The number of anilines is 1. The molecule has 8 heteroatoms. The van der Waals surface area contributed by atoms with E-state index in [1.54, 1.807) is 48.5 Å². The number of hydrogen-bond acceptors (Lipinski definition) is 6. The van der Waals surface area contributed by atoms with Gasteiger partial charge >= 0.3 is 0 Å². The summed E-state index contributed by atoms with van der Waals surface area (Å²) in [6, 6.07) is 19.3. The summed E-state index contributed by atoms with van der Waals surface area (Å²) in [5.41, 5.74) is 1.30. The van der Waals surface area contributed by atoms with E-state index in [2.05, 4.69) is 25.8 Å². The molecule has 0 bridgehead atoms. The molecular formula is C24H19N5O3. The standard InChI is InChI=1S/C24H19N5O3/c1-25-23(31)19-14-26-12-11-20(19)28-29-21-17-10-6-5-7-15(17)13-18(22(21)30)24(32)27-16-8-3-2-4-9-16/h2-14,30H,1H3,(H,25,31)(H,27,32)/b29-28+. The Morgan fingerprint density at radius 1 is 0.906 bits per heavy atom. The number of rotatable bonds is 5. The first-order valence-corrected chi connectivity index (χ1v) is 9.77. The molecule has 0 radical (unpaired) electrons. The molecule has 0 aliphatic heterocycles. The van der Waals surface area contributed by atoms with Gasteiger partial charge in [0.2, 0.25) is 0 Å². The van der Waals surface area contributed by atoms with Gasteiger partial charge in [-0.15, -0.1) is 10.2 Å². The van der Waals surface area contributed by atoms with Crippen LogP contribution in [0.15, 0.2) is 89.4 Å². The predicted molar refractivity (Wildman–Crippen MR) is 122 cm³/mol. The van der Waals surface area contributed by atoms with Crippen LogP contribution in [0.1, 0.15) is 20.7 Å². The summed E-state index contributed by atoms with van der Waals surface area (Å²) in [6.07, 6.45) is 2.87. The van der Waals surface area contributed by atoms with Crippen LogP contribution in [0.5, 0.6) is 5.75 Å². The zero-order valence-corrected chi connectivity index (χ0v) is 17.1. The van der Waals surface area contributed by atoms with Crippen molar-refractivity contribution in [2.75, 3.05) is 12.4 Å². The molecule has 3 N–H and O–H groups in total. The lowest BCUT2D eigenvalue weighted by atomic mass is 10.0. The summed E-state index contributed by atoms with van der Waals surface area (Å²) in [4.78, 5) is 28.9. The van der Waals surface area contributed by atoms with Crippen LogP contribution in [0.25, 0.3) is 10.8 Å². The molecule has 0 saturated carbocycles. The van der Waals surface area contributed by atoms with Crippen molar-refractivity contribution >= 4 is 39.6 Å². The molecule has 32 heavy (non-hydrogen) atoms. The fourth-order valence-electron chi connectivity index (χ4n) is 3.20. The maximum atomic E-state index is 12.9. The van der Waals surface area contributed by atoms with Gasteiger partial charge in [0.05, 0.1) is 11.1 Å². The van der Waals surface area contributed by atoms with Crippen LogP contribution < -0.4 is 10.6 Å². The Morgan fingerprint density at radius 3 is 2.44 bits per heavy atom. The number of carbonyl (C=O) groups is 2. The first kappa shape index (κ1) is 20.7. The Kier molecular flexibility index (Phi) is 5.85. The Labute approximate surface area is 183 Å². The van der Waals surface area contributed by atoms with E-state index >= 15 is 0 Å². The van der Waals surface area contributed by atoms with E-state index in [1.807, 2.05) is 18.2 Å². The van der Waals surface area contributed by atoms with Crippen molar-refractivity contribution in [3.05, 3.63) is 90.3 Å². The highest BCUT2D eigenvalue weighted by molar-refractivity contribution is 6.11. The minimum atomic E-state index is -0.481. The average molecular weight is 425 g/mol. The van der Waals surface area contributed by atoms with Gasteiger partial charge in [-0.1, -0.05) is 42.5 Å². The number of phenolic OH excluding ortho intramolecular Hbond substituents is 1. The largest absolute Gasteiger partial charge is 0.505 e. The van der Waals surface area contributed by atoms with E-state index in [0.29, 0.717) is 16.5 Å². The van der Waals surface area contributed by atoms with Gasteiger partial charge in [0.15, 0.2) is 5.75 Å². The van der Waals surface area contributed by atoms with Crippen LogP contribution in [-0.4, -0.2) is 29.0 Å². The van der Waals surface area contributed by atoms with Gasteiger partial charge in [-0.3, -0.25) is 14.6 Å². The van der Waals surface area contributed by atoms with Gasteiger partial charge in [0.25, 0.3) is 11.8 Å². The minimum absolute atomic E-state index is 0.0581. The quantitative estimate of drug-likeness (QED) is 0.392. The summed E-state index contributed by atoms with van der Waals surface area (Å²) in [7, 11) is 1.50. The van der Waals surface area contributed by atoms with Crippen molar-refractivity contribution in [3.63, 3.8) is 0 Å². The van der Waals surface area contributed by atoms with Crippen molar-refractivity contribution < 1.29 is 14.7 Å². The predicted octanol–water partition coefficient (Wildman–Crippen LogP) is 4.97. The van der Waals surface area contributed by atoms with Gasteiger partial charge in [-0.2, -0.15) is 0 Å². The zero-order chi connectivity index (χ0) is 22.5. The Morgan fingerprint density at radius 2 is 1.66 bits per heavy atom. The molecule has 0 fully saturated rings. The van der Waals surface area contributed by atoms with Gasteiger partial charge in [-0.05, 0) is 29.7 Å². The van der Waals surface area contributed by atoms with Crippen LogP contribution in [0.2, 0.25) is 0 Å². The molecule has 1 heterocycles. The van der Waals surface area contributed by atoms with E-state index in [1.165, 1.54) is 19.4 Å². The van der Waals surface area contributed by atoms with Crippen LogP contribution in [0.3, 0.4) is 0 Å². The maximum Gasteiger partial charge on any atom is 0.259 e. The highest BCUT2D eigenvalue weighted by atomic mass is 16.3. The molecule has 0 aliphatic carbocycles. The molecule has 4 aromatic rings. The number of aromatic nitrogens is 1. The number of benzene rings is 3. The van der Waals surface area contributed by atoms with Gasteiger partial charge < -0.3 is 15.7 Å². The number of carbonyl (C=O) groups excluding carboxylic acids is 2. The van der Waals surface area contributed by atoms with Crippen molar-refractivity contribution in [3.8, 4) is 5.75 Å². The first-order chi connectivity index (χ1) is 15.6. The molecule has 0 aliphatic rings. The van der Waals surface area contributed by atoms with Crippen molar-refractivity contribution in [1.29, 1.82) is 0 Å². The van der Waals surface area contributed by atoms with Crippen LogP contribution in [-0.2, 0) is 0 Å². The molecule has 158 valence electrons. The molecular weight excluding hydrogens is 406 g/mol. The first-order valence-electron chi connectivity index (χ1n) is 9.77. The highest BCUT2D eigenvalue weighted by Gasteiger charge is 2.19. The third-order valence-electron chi connectivity index (χ3n) is 4.80. The van der Waals surface area contributed by atoms with Crippen molar-refractivity contribution in [2.45, 2.75) is 0 Å². The third kappa shape index (κ3) is 4.15. The molecule has 0 spiro atoms. The third-order valence-corrected chi connectivity index (χ3v) is 4.80. The smallest absolute Gasteiger partial charge is 0.259 e. The molecule has 1 aromatic heterocycles. The Hall–Kier alpha value is -4.59. The van der Waals surface area contributed by atoms with E-state index in [0.717, 1.165) is 0 Å². The average Bonchev–Trinajstić information content (AvgIpc) is 2.83.